The van der Waals surface area contributed by atoms with E-state index >= 15 is 0 Å². The second kappa shape index (κ2) is 5.47. The fraction of sp³-hybridized carbons (Fsp3) is 0.929. The van der Waals surface area contributed by atoms with Crippen LogP contribution in [0.5, 0.6) is 0 Å². The molecule has 2 saturated heterocycles. The first kappa shape index (κ1) is 12.3. The molecule has 1 N–H and O–H groups in total. The lowest BCUT2D eigenvalue weighted by Crippen LogP contribution is -2.48. The van der Waals surface area contributed by atoms with Crippen LogP contribution >= 0.6 is 0 Å². The van der Waals surface area contributed by atoms with Gasteiger partial charge in [0.1, 0.15) is 0 Å². The summed E-state index contributed by atoms with van der Waals surface area (Å²) >= 11 is 0. The van der Waals surface area contributed by atoms with Crippen LogP contribution in [-0.2, 0) is 4.74 Å². The molecule has 2 atom stereocenters. The summed E-state index contributed by atoms with van der Waals surface area (Å²) < 4.78 is 5.31. The molecule has 3 aliphatic rings. The second-order valence-electron chi connectivity index (χ2n) is 5.96. The number of amides is 2. The van der Waals surface area contributed by atoms with E-state index in [0.29, 0.717) is 12.6 Å². The Morgan fingerprint density at radius 1 is 1.11 bits per heavy atom. The Bertz CT molecular complexity index is 296. The zero-order chi connectivity index (χ0) is 12.4. The summed E-state index contributed by atoms with van der Waals surface area (Å²) in [5.74, 6) is 0.762. The van der Waals surface area contributed by atoms with Gasteiger partial charge in [0.05, 0.1) is 12.6 Å². The van der Waals surface area contributed by atoms with E-state index in [1.165, 1.54) is 38.5 Å². The van der Waals surface area contributed by atoms with Gasteiger partial charge in [0.25, 0.3) is 0 Å². The summed E-state index contributed by atoms with van der Waals surface area (Å²) in [5.41, 5.74) is 0. The second-order valence-corrected chi connectivity index (χ2v) is 5.96. The molecule has 0 aromatic heterocycles. The highest BCUT2D eigenvalue weighted by Crippen LogP contribution is 2.35. The van der Waals surface area contributed by atoms with Crippen LogP contribution in [-0.4, -0.2) is 42.8 Å². The van der Waals surface area contributed by atoms with Gasteiger partial charge < -0.3 is 15.0 Å². The number of rotatable bonds is 2. The van der Waals surface area contributed by atoms with Crippen LogP contribution in [0, 0.1) is 5.92 Å². The minimum atomic E-state index is 0.153. The molecule has 2 unspecified atom stereocenters. The first-order chi connectivity index (χ1) is 8.84. The van der Waals surface area contributed by atoms with Crippen molar-refractivity contribution in [2.45, 2.75) is 57.0 Å². The third kappa shape index (κ3) is 2.48. The van der Waals surface area contributed by atoms with Crippen molar-refractivity contribution in [2.24, 2.45) is 5.92 Å². The third-order valence-electron chi connectivity index (χ3n) is 4.76. The fourth-order valence-electron chi connectivity index (χ4n) is 3.78. The minimum absolute atomic E-state index is 0.153. The lowest BCUT2D eigenvalue weighted by molar-refractivity contribution is 0.162. The summed E-state index contributed by atoms with van der Waals surface area (Å²) in [4.78, 5) is 14.4. The van der Waals surface area contributed by atoms with Gasteiger partial charge >= 0.3 is 6.03 Å². The van der Waals surface area contributed by atoms with Gasteiger partial charge in [0.15, 0.2) is 0 Å². The van der Waals surface area contributed by atoms with Gasteiger partial charge in [0, 0.05) is 19.2 Å². The maximum Gasteiger partial charge on any atom is 0.317 e. The van der Waals surface area contributed by atoms with Gasteiger partial charge in [-0.25, -0.2) is 4.79 Å². The van der Waals surface area contributed by atoms with E-state index < -0.39 is 0 Å². The van der Waals surface area contributed by atoms with Crippen molar-refractivity contribution in [3.05, 3.63) is 0 Å². The largest absolute Gasteiger partial charge is 0.379 e. The maximum absolute atomic E-state index is 12.3. The van der Waals surface area contributed by atoms with Crippen molar-refractivity contribution < 1.29 is 9.53 Å². The molecule has 2 aliphatic heterocycles. The van der Waals surface area contributed by atoms with Crippen molar-refractivity contribution in [1.82, 2.24) is 10.2 Å². The van der Waals surface area contributed by atoms with E-state index in [4.69, 9.17) is 4.74 Å². The maximum atomic E-state index is 12.3. The predicted molar refractivity (Wildman–Crippen MR) is 69.4 cm³/mol. The standard InChI is InChI=1S/C14H24N2O2/c17-14(15-12-7-9-18-10-12)16-8-3-6-13(16)11-4-1-2-5-11/h11-13H,1-10H2,(H,15,17). The SMILES string of the molecule is O=C(NC1CCOC1)N1CCCC1C1CCCC1. The summed E-state index contributed by atoms with van der Waals surface area (Å²) in [7, 11) is 0. The number of ether oxygens (including phenoxy) is 1. The zero-order valence-electron chi connectivity index (χ0n) is 11.1. The number of hydrogen-bond acceptors (Lipinski definition) is 2. The number of urea groups is 1. The molecular formula is C14H24N2O2. The van der Waals surface area contributed by atoms with Crippen LogP contribution < -0.4 is 5.32 Å². The highest BCUT2D eigenvalue weighted by molar-refractivity contribution is 5.75. The third-order valence-corrected chi connectivity index (χ3v) is 4.76. The molecule has 3 fully saturated rings. The molecule has 2 heterocycles. The molecule has 3 rings (SSSR count). The topological polar surface area (TPSA) is 41.6 Å². The van der Waals surface area contributed by atoms with Gasteiger partial charge in [-0.15, -0.1) is 0 Å². The molecular weight excluding hydrogens is 228 g/mol. The normalized spacial score (nSPS) is 33.2. The predicted octanol–water partition coefficient (Wildman–Crippen LogP) is 2.14. The van der Waals surface area contributed by atoms with Crippen molar-refractivity contribution in [1.29, 1.82) is 0 Å². The Morgan fingerprint density at radius 3 is 2.67 bits per heavy atom. The van der Waals surface area contributed by atoms with Gasteiger partial charge in [-0.1, -0.05) is 12.8 Å². The zero-order valence-corrected chi connectivity index (χ0v) is 11.1. The first-order valence-corrected chi connectivity index (χ1v) is 7.49. The molecule has 4 heteroatoms. The van der Waals surface area contributed by atoms with Gasteiger partial charge in [-0.3, -0.25) is 0 Å². The van der Waals surface area contributed by atoms with E-state index in [-0.39, 0.29) is 12.1 Å². The van der Waals surface area contributed by atoms with Crippen LogP contribution in [0.3, 0.4) is 0 Å². The molecule has 0 spiro atoms. The number of hydrogen-bond donors (Lipinski definition) is 1. The molecule has 0 aromatic rings. The lowest BCUT2D eigenvalue weighted by atomic mass is 9.96. The Balaban J connectivity index is 1.57. The number of nitrogens with zero attached hydrogens (tertiary/aromatic N) is 1. The van der Waals surface area contributed by atoms with E-state index in [1.54, 1.807) is 0 Å². The van der Waals surface area contributed by atoms with Crippen LogP contribution in [0.15, 0.2) is 0 Å². The minimum Gasteiger partial charge on any atom is -0.379 e. The molecule has 102 valence electrons. The van der Waals surface area contributed by atoms with E-state index in [2.05, 4.69) is 10.2 Å². The molecule has 0 radical (unpaired) electrons. The van der Waals surface area contributed by atoms with Gasteiger partial charge in [-0.05, 0) is 38.0 Å². The molecule has 4 nitrogen and oxygen atoms in total. The molecule has 0 aromatic carbocycles. The number of likely N-dealkylation sites (tertiary alicyclic amines) is 1. The highest BCUT2D eigenvalue weighted by Gasteiger charge is 2.36. The summed E-state index contributed by atoms with van der Waals surface area (Å²) in [5, 5.41) is 3.14. The average molecular weight is 252 g/mol. The van der Waals surface area contributed by atoms with E-state index in [0.717, 1.165) is 25.5 Å². The smallest absolute Gasteiger partial charge is 0.317 e. The Morgan fingerprint density at radius 2 is 1.94 bits per heavy atom. The summed E-state index contributed by atoms with van der Waals surface area (Å²) in [6.45, 7) is 2.42. The monoisotopic (exact) mass is 252 g/mol. The van der Waals surface area contributed by atoms with E-state index in [9.17, 15) is 4.79 Å². The van der Waals surface area contributed by atoms with Crippen molar-refractivity contribution in [3.63, 3.8) is 0 Å². The van der Waals surface area contributed by atoms with Gasteiger partial charge in [0.2, 0.25) is 0 Å². The fourth-order valence-corrected chi connectivity index (χ4v) is 3.78. The quantitative estimate of drug-likeness (QED) is 0.818. The van der Waals surface area contributed by atoms with Crippen LogP contribution in [0.25, 0.3) is 0 Å². The first-order valence-electron chi connectivity index (χ1n) is 7.49. The van der Waals surface area contributed by atoms with Crippen molar-refractivity contribution >= 4 is 6.03 Å². The molecule has 2 amide bonds. The Hall–Kier alpha value is -0.770. The number of carbonyl (C=O) groups is 1. The molecule has 1 saturated carbocycles. The van der Waals surface area contributed by atoms with Crippen LogP contribution in [0.4, 0.5) is 4.79 Å². The highest BCUT2D eigenvalue weighted by atomic mass is 16.5. The Kier molecular flexibility index (Phi) is 3.73. The number of nitrogens with one attached hydrogen (secondary N) is 1. The number of carbonyl (C=O) groups excluding carboxylic acids is 1. The van der Waals surface area contributed by atoms with E-state index in [1.807, 2.05) is 0 Å². The summed E-state index contributed by atoms with van der Waals surface area (Å²) in [6.07, 6.45) is 8.70. The molecule has 0 bridgehead atoms. The summed E-state index contributed by atoms with van der Waals surface area (Å²) in [6, 6.07) is 0.900. The van der Waals surface area contributed by atoms with Crippen LogP contribution in [0.2, 0.25) is 0 Å². The molecule has 18 heavy (non-hydrogen) atoms. The van der Waals surface area contributed by atoms with Crippen molar-refractivity contribution in [3.8, 4) is 0 Å². The lowest BCUT2D eigenvalue weighted by Gasteiger charge is -2.30. The van der Waals surface area contributed by atoms with Gasteiger partial charge in [-0.2, -0.15) is 0 Å². The van der Waals surface area contributed by atoms with Crippen LogP contribution in [0.1, 0.15) is 44.9 Å². The average Bonchev–Trinajstić information content (AvgIpc) is 3.11. The van der Waals surface area contributed by atoms with Crippen molar-refractivity contribution in [2.75, 3.05) is 19.8 Å². The molecule has 1 aliphatic carbocycles. The Labute approximate surface area is 109 Å².